The smallest absolute Gasteiger partial charge is 0.135 e. The van der Waals surface area contributed by atoms with E-state index in [1.807, 2.05) is 24.3 Å². The van der Waals surface area contributed by atoms with Gasteiger partial charge in [0, 0.05) is 10.6 Å². The zero-order valence-electron chi connectivity index (χ0n) is 11.0. The summed E-state index contributed by atoms with van der Waals surface area (Å²) in [6.07, 6.45) is 0. The van der Waals surface area contributed by atoms with Gasteiger partial charge in [0.05, 0.1) is 11.6 Å². The largest absolute Gasteiger partial charge is 0.460 e. The average Bonchev–Trinajstić information content (AvgIpc) is 2.77. The molecule has 0 radical (unpaired) electrons. The molecule has 1 aromatic heterocycles. The lowest BCUT2D eigenvalue weighted by atomic mass is 10.2. The van der Waals surface area contributed by atoms with Crippen LogP contribution in [0.25, 0.3) is 11.3 Å². The first-order valence-electron chi connectivity index (χ1n) is 6.31. The third-order valence-electron chi connectivity index (χ3n) is 2.71. The van der Waals surface area contributed by atoms with Gasteiger partial charge < -0.3 is 9.73 Å². The quantitative estimate of drug-likeness (QED) is 0.840. The molecule has 0 atom stereocenters. The Bertz CT molecular complexity index is 549. The van der Waals surface area contributed by atoms with Crippen LogP contribution >= 0.6 is 23.2 Å². The third-order valence-corrected chi connectivity index (χ3v) is 3.26. The van der Waals surface area contributed by atoms with Crippen LogP contribution in [0.3, 0.4) is 0 Å². The highest BCUT2D eigenvalue weighted by molar-refractivity contribution is 6.36. The summed E-state index contributed by atoms with van der Waals surface area (Å²) in [4.78, 5) is 0. The molecule has 2 aromatic rings. The number of rotatable bonds is 5. The molecule has 0 amide bonds. The molecular formula is C15H17Cl2NO. The fourth-order valence-corrected chi connectivity index (χ4v) is 2.29. The fraction of sp³-hybridized carbons (Fsp3) is 0.333. The van der Waals surface area contributed by atoms with E-state index >= 15 is 0 Å². The van der Waals surface area contributed by atoms with Gasteiger partial charge >= 0.3 is 0 Å². The van der Waals surface area contributed by atoms with Crippen LogP contribution in [0.15, 0.2) is 34.7 Å². The lowest BCUT2D eigenvalue weighted by molar-refractivity contribution is 0.472. The maximum atomic E-state index is 6.16. The van der Waals surface area contributed by atoms with Crippen LogP contribution in [0, 0.1) is 5.92 Å². The molecule has 1 N–H and O–H groups in total. The molecule has 0 bridgehead atoms. The van der Waals surface area contributed by atoms with Crippen LogP contribution in [0.2, 0.25) is 10.0 Å². The van der Waals surface area contributed by atoms with Gasteiger partial charge in [-0.25, -0.2) is 0 Å². The summed E-state index contributed by atoms with van der Waals surface area (Å²) in [5.74, 6) is 2.30. The van der Waals surface area contributed by atoms with Crippen molar-refractivity contribution in [3.05, 3.63) is 46.1 Å². The van der Waals surface area contributed by atoms with Crippen molar-refractivity contribution in [1.29, 1.82) is 0 Å². The van der Waals surface area contributed by atoms with E-state index in [-0.39, 0.29) is 0 Å². The highest BCUT2D eigenvalue weighted by Crippen LogP contribution is 2.31. The molecule has 0 saturated carbocycles. The van der Waals surface area contributed by atoms with Crippen molar-refractivity contribution >= 4 is 23.2 Å². The van der Waals surface area contributed by atoms with Gasteiger partial charge in [0.2, 0.25) is 0 Å². The predicted octanol–water partition coefficient (Wildman–Crippen LogP) is 5.00. The molecule has 1 heterocycles. The van der Waals surface area contributed by atoms with E-state index in [0.29, 0.717) is 16.0 Å². The lowest BCUT2D eigenvalue weighted by Gasteiger charge is -2.05. The first-order chi connectivity index (χ1) is 9.06. The van der Waals surface area contributed by atoms with Gasteiger partial charge in [-0.15, -0.1) is 0 Å². The van der Waals surface area contributed by atoms with E-state index in [1.54, 1.807) is 6.07 Å². The summed E-state index contributed by atoms with van der Waals surface area (Å²) in [5.41, 5.74) is 0.862. The second-order valence-corrected chi connectivity index (χ2v) is 5.76. The van der Waals surface area contributed by atoms with Crippen molar-refractivity contribution in [2.45, 2.75) is 20.4 Å². The summed E-state index contributed by atoms with van der Waals surface area (Å²) < 4.78 is 5.78. The summed E-state index contributed by atoms with van der Waals surface area (Å²) in [5, 5.41) is 4.57. The molecule has 4 heteroatoms. The Balaban J connectivity index is 2.08. The molecule has 2 rings (SSSR count). The number of hydrogen-bond donors (Lipinski definition) is 1. The minimum absolute atomic E-state index is 0.600. The van der Waals surface area contributed by atoms with Gasteiger partial charge in [-0.05, 0) is 42.8 Å². The molecule has 0 aliphatic heterocycles. The number of furan rings is 1. The van der Waals surface area contributed by atoms with Gasteiger partial charge in [-0.2, -0.15) is 0 Å². The maximum Gasteiger partial charge on any atom is 0.135 e. The first-order valence-corrected chi connectivity index (χ1v) is 7.06. The Morgan fingerprint density at radius 1 is 1.16 bits per heavy atom. The van der Waals surface area contributed by atoms with Gasteiger partial charge in [-0.1, -0.05) is 37.0 Å². The van der Waals surface area contributed by atoms with Crippen LogP contribution in [0.4, 0.5) is 0 Å². The van der Waals surface area contributed by atoms with E-state index < -0.39 is 0 Å². The van der Waals surface area contributed by atoms with Crippen LogP contribution in [0.1, 0.15) is 19.6 Å². The van der Waals surface area contributed by atoms with Crippen LogP contribution in [-0.2, 0) is 6.54 Å². The van der Waals surface area contributed by atoms with Gasteiger partial charge in [0.1, 0.15) is 11.5 Å². The number of nitrogens with one attached hydrogen (secondary N) is 1. The Morgan fingerprint density at radius 3 is 2.63 bits per heavy atom. The van der Waals surface area contributed by atoms with Gasteiger partial charge in [0.25, 0.3) is 0 Å². The van der Waals surface area contributed by atoms with Crippen molar-refractivity contribution in [2.24, 2.45) is 5.92 Å². The summed E-state index contributed by atoms with van der Waals surface area (Å²) in [6, 6.07) is 9.30. The molecular weight excluding hydrogens is 281 g/mol. The van der Waals surface area contributed by atoms with Crippen LogP contribution < -0.4 is 5.32 Å². The third kappa shape index (κ3) is 4.00. The molecule has 0 spiro atoms. The van der Waals surface area contributed by atoms with E-state index in [1.165, 1.54) is 0 Å². The zero-order valence-corrected chi connectivity index (χ0v) is 12.6. The maximum absolute atomic E-state index is 6.16. The van der Waals surface area contributed by atoms with Crippen molar-refractivity contribution in [1.82, 2.24) is 5.32 Å². The summed E-state index contributed by atoms with van der Waals surface area (Å²) >= 11 is 12.0. The normalized spacial score (nSPS) is 11.2. The van der Waals surface area contributed by atoms with E-state index in [9.17, 15) is 0 Å². The molecule has 0 aliphatic carbocycles. The Kier molecular flexibility index (Phi) is 4.92. The molecule has 0 saturated heterocycles. The Labute approximate surface area is 123 Å². The molecule has 0 aliphatic rings. The molecule has 1 aromatic carbocycles. The average molecular weight is 298 g/mol. The summed E-state index contributed by atoms with van der Waals surface area (Å²) in [7, 11) is 0. The molecule has 2 nitrogen and oxygen atoms in total. The minimum atomic E-state index is 0.600. The van der Waals surface area contributed by atoms with Crippen LogP contribution in [-0.4, -0.2) is 6.54 Å². The predicted molar refractivity (Wildman–Crippen MR) is 80.7 cm³/mol. The second-order valence-electron chi connectivity index (χ2n) is 4.91. The number of halogens is 2. The zero-order chi connectivity index (χ0) is 13.8. The van der Waals surface area contributed by atoms with Gasteiger partial charge in [0.15, 0.2) is 0 Å². The van der Waals surface area contributed by atoms with E-state index in [2.05, 4.69) is 19.2 Å². The monoisotopic (exact) mass is 297 g/mol. The van der Waals surface area contributed by atoms with Crippen molar-refractivity contribution in [3.8, 4) is 11.3 Å². The van der Waals surface area contributed by atoms with Crippen molar-refractivity contribution in [3.63, 3.8) is 0 Å². The SMILES string of the molecule is CC(C)CNCc1ccc(-c2ccc(Cl)cc2Cl)o1. The molecule has 0 unspecified atom stereocenters. The highest BCUT2D eigenvalue weighted by atomic mass is 35.5. The molecule has 0 fully saturated rings. The van der Waals surface area contributed by atoms with E-state index in [4.69, 9.17) is 27.6 Å². The van der Waals surface area contributed by atoms with Crippen molar-refractivity contribution in [2.75, 3.05) is 6.54 Å². The van der Waals surface area contributed by atoms with E-state index in [0.717, 1.165) is 30.2 Å². The van der Waals surface area contributed by atoms with Crippen LogP contribution in [0.5, 0.6) is 0 Å². The lowest BCUT2D eigenvalue weighted by Crippen LogP contribution is -2.18. The molecule has 19 heavy (non-hydrogen) atoms. The van der Waals surface area contributed by atoms with Gasteiger partial charge in [-0.3, -0.25) is 0 Å². The first kappa shape index (κ1) is 14.4. The second kappa shape index (κ2) is 6.47. The topological polar surface area (TPSA) is 25.2 Å². The highest BCUT2D eigenvalue weighted by Gasteiger charge is 2.09. The summed E-state index contributed by atoms with van der Waals surface area (Å²) in [6.45, 7) is 6.04. The molecule has 102 valence electrons. The van der Waals surface area contributed by atoms with Crippen molar-refractivity contribution < 1.29 is 4.42 Å². The number of hydrogen-bond acceptors (Lipinski definition) is 2. The fourth-order valence-electron chi connectivity index (χ4n) is 1.79. The standard InChI is InChI=1S/C15H17Cl2NO/c1-10(2)8-18-9-12-4-6-15(19-12)13-5-3-11(16)7-14(13)17/h3-7,10,18H,8-9H2,1-2H3. The minimum Gasteiger partial charge on any atom is -0.460 e. The Morgan fingerprint density at radius 2 is 1.95 bits per heavy atom. The Hall–Kier alpha value is -0.960. The number of benzene rings is 1.